The SMILES string of the molecule is CCCCCCCCCCO[C@@H]1OC[C@@H](O)[C@H](O)[C@H]1O. The van der Waals surface area contributed by atoms with Gasteiger partial charge in [-0.1, -0.05) is 51.9 Å². The zero-order valence-electron chi connectivity index (χ0n) is 12.5. The highest BCUT2D eigenvalue weighted by Gasteiger charge is 2.37. The van der Waals surface area contributed by atoms with Gasteiger partial charge in [-0.15, -0.1) is 0 Å². The maximum atomic E-state index is 9.67. The fourth-order valence-corrected chi connectivity index (χ4v) is 2.36. The second kappa shape index (κ2) is 10.5. The first-order valence-electron chi connectivity index (χ1n) is 7.94. The number of hydrogen-bond acceptors (Lipinski definition) is 5. The van der Waals surface area contributed by atoms with Crippen molar-refractivity contribution < 1.29 is 24.8 Å². The van der Waals surface area contributed by atoms with Crippen LogP contribution in [0.25, 0.3) is 0 Å². The summed E-state index contributed by atoms with van der Waals surface area (Å²) in [6.07, 6.45) is 5.55. The minimum absolute atomic E-state index is 0.000319. The Hall–Kier alpha value is -0.200. The van der Waals surface area contributed by atoms with Gasteiger partial charge in [0.15, 0.2) is 6.29 Å². The molecule has 5 heteroatoms. The average Bonchev–Trinajstić information content (AvgIpc) is 2.45. The van der Waals surface area contributed by atoms with Crippen molar-refractivity contribution in [3.8, 4) is 0 Å². The van der Waals surface area contributed by atoms with E-state index in [9.17, 15) is 15.3 Å². The molecule has 4 atom stereocenters. The normalized spacial score (nSPS) is 30.6. The molecular formula is C15H30O5. The second-order valence-electron chi connectivity index (χ2n) is 5.60. The molecule has 0 saturated carbocycles. The molecule has 5 nitrogen and oxygen atoms in total. The van der Waals surface area contributed by atoms with E-state index in [4.69, 9.17) is 9.47 Å². The third kappa shape index (κ3) is 6.50. The van der Waals surface area contributed by atoms with Gasteiger partial charge in [0, 0.05) is 6.61 Å². The van der Waals surface area contributed by atoms with E-state index in [2.05, 4.69) is 6.92 Å². The van der Waals surface area contributed by atoms with Crippen LogP contribution < -0.4 is 0 Å². The van der Waals surface area contributed by atoms with Crippen LogP contribution in [0.3, 0.4) is 0 Å². The number of aliphatic hydroxyl groups excluding tert-OH is 3. The highest BCUT2D eigenvalue weighted by Crippen LogP contribution is 2.17. The lowest BCUT2D eigenvalue weighted by Crippen LogP contribution is -2.53. The van der Waals surface area contributed by atoms with E-state index in [1.807, 2.05) is 0 Å². The highest BCUT2D eigenvalue weighted by atomic mass is 16.7. The molecule has 0 aliphatic carbocycles. The van der Waals surface area contributed by atoms with E-state index in [0.717, 1.165) is 12.8 Å². The van der Waals surface area contributed by atoms with Crippen LogP contribution in [0, 0.1) is 0 Å². The van der Waals surface area contributed by atoms with Gasteiger partial charge < -0.3 is 24.8 Å². The van der Waals surface area contributed by atoms with E-state index in [0.29, 0.717) is 6.61 Å². The smallest absolute Gasteiger partial charge is 0.186 e. The van der Waals surface area contributed by atoms with Crippen LogP contribution in [-0.4, -0.2) is 53.1 Å². The fraction of sp³-hybridized carbons (Fsp3) is 1.00. The summed E-state index contributed by atoms with van der Waals surface area (Å²) in [6.45, 7) is 2.73. The Morgan fingerprint density at radius 3 is 2.15 bits per heavy atom. The van der Waals surface area contributed by atoms with Crippen LogP contribution in [0.2, 0.25) is 0 Å². The van der Waals surface area contributed by atoms with E-state index in [-0.39, 0.29) is 6.61 Å². The Labute approximate surface area is 121 Å². The third-order valence-electron chi connectivity index (χ3n) is 3.73. The summed E-state index contributed by atoms with van der Waals surface area (Å²) in [4.78, 5) is 0. The van der Waals surface area contributed by atoms with Gasteiger partial charge in [-0.2, -0.15) is 0 Å². The first-order valence-corrected chi connectivity index (χ1v) is 7.94. The van der Waals surface area contributed by atoms with Gasteiger partial charge in [-0.05, 0) is 6.42 Å². The van der Waals surface area contributed by atoms with Gasteiger partial charge in [0.25, 0.3) is 0 Å². The maximum absolute atomic E-state index is 9.67. The molecule has 0 bridgehead atoms. The summed E-state index contributed by atoms with van der Waals surface area (Å²) in [5, 5.41) is 28.5. The number of unbranched alkanes of at least 4 members (excludes halogenated alkanes) is 7. The summed E-state index contributed by atoms with van der Waals surface area (Å²) < 4.78 is 10.6. The topological polar surface area (TPSA) is 79.2 Å². The van der Waals surface area contributed by atoms with Crippen LogP contribution >= 0.6 is 0 Å². The van der Waals surface area contributed by atoms with Gasteiger partial charge in [0.1, 0.15) is 18.3 Å². The van der Waals surface area contributed by atoms with E-state index in [1.54, 1.807) is 0 Å². The fourth-order valence-electron chi connectivity index (χ4n) is 2.36. The Kier molecular flexibility index (Phi) is 9.39. The summed E-state index contributed by atoms with van der Waals surface area (Å²) >= 11 is 0. The monoisotopic (exact) mass is 290 g/mol. The van der Waals surface area contributed by atoms with Crippen LogP contribution in [-0.2, 0) is 9.47 Å². The Morgan fingerprint density at radius 1 is 0.900 bits per heavy atom. The van der Waals surface area contributed by atoms with Crippen LogP contribution in [0.4, 0.5) is 0 Å². The quantitative estimate of drug-likeness (QED) is 0.532. The standard InChI is InChI=1S/C15H30O5/c1-2-3-4-5-6-7-8-9-10-19-15-14(18)13(17)12(16)11-20-15/h12-18H,2-11H2,1H3/t12-,13+,14-,15-/m1/s1. The number of hydrogen-bond donors (Lipinski definition) is 3. The molecule has 0 aromatic carbocycles. The molecule has 0 spiro atoms. The Bertz CT molecular complexity index is 236. The van der Waals surface area contributed by atoms with Crippen molar-refractivity contribution >= 4 is 0 Å². The molecule has 1 fully saturated rings. The van der Waals surface area contributed by atoms with Gasteiger partial charge in [0.05, 0.1) is 6.61 Å². The summed E-state index contributed by atoms with van der Waals surface area (Å²) in [7, 11) is 0. The molecule has 0 amide bonds. The van der Waals surface area contributed by atoms with Crippen molar-refractivity contribution in [3.05, 3.63) is 0 Å². The molecule has 0 radical (unpaired) electrons. The molecule has 0 unspecified atom stereocenters. The molecular weight excluding hydrogens is 260 g/mol. The lowest BCUT2D eigenvalue weighted by molar-refractivity contribution is -0.270. The minimum atomic E-state index is -1.19. The molecule has 1 rings (SSSR count). The van der Waals surface area contributed by atoms with Crippen molar-refractivity contribution in [2.24, 2.45) is 0 Å². The molecule has 1 aliphatic heterocycles. The zero-order chi connectivity index (χ0) is 14.8. The third-order valence-corrected chi connectivity index (χ3v) is 3.73. The predicted octanol–water partition coefficient (Wildman–Crippen LogP) is 1.58. The summed E-state index contributed by atoms with van der Waals surface area (Å²) in [6, 6.07) is 0. The van der Waals surface area contributed by atoms with E-state index < -0.39 is 24.6 Å². The highest BCUT2D eigenvalue weighted by molar-refractivity contribution is 4.82. The minimum Gasteiger partial charge on any atom is -0.388 e. The molecule has 3 N–H and O–H groups in total. The second-order valence-corrected chi connectivity index (χ2v) is 5.60. The van der Waals surface area contributed by atoms with Crippen molar-refractivity contribution in [2.45, 2.75) is 82.9 Å². The van der Waals surface area contributed by atoms with E-state index in [1.165, 1.54) is 38.5 Å². The van der Waals surface area contributed by atoms with Crippen LogP contribution in [0.1, 0.15) is 58.3 Å². The van der Waals surface area contributed by atoms with Crippen molar-refractivity contribution in [3.63, 3.8) is 0 Å². The molecule has 1 heterocycles. The Balaban J connectivity index is 1.96. The molecule has 0 aromatic rings. The van der Waals surface area contributed by atoms with Crippen LogP contribution in [0.5, 0.6) is 0 Å². The van der Waals surface area contributed by atoms with Gasteiger partial charge in [0.2, 0.25) is 0 Å². The number of rotatable bonds is 10. The number of aliphatic hydroxyl groups is 3. The first kappa shape index (κ1) is 17.9. The largest absolute Gasteiger partial charge is 0.388 e. The summed E-state index contributed by atoms with van der Waals surface area (Å²) in [5.74, 6) is 0. The van der Waals surface area contributed by atoms with Crippen molar-refractivity contribution in [1.82, 2.24) is 0 Å². The molecule has 1 aliphatic rings. The lowest BCUT2D eigenvalue weighted by atomic mass is 10.1. The van der Waals surface area contributed by atoms with Crippen LogP contribution in [0.15, 0.2) is 0 Å². The van der Waals surface area contributed by atoms with Gasteiger partial charge in [-0.3, -0.25) is 0 Å². The zero-order valence-corrected chi connectivity index (χ0v) is 12.5. The van der Waals surface area contributed by atoms with E-state index >= 15 is 0 Å². The molecule has 20 heavy (non-hydrogen) atoms. The lowest BCUT2D eigenvalue weighted by Gasteiger charge is -2.34. The summed E-state index contributed by atoms with van der Waals surface area (Å²) in [5.41, 5.74) is 0. The average molecular weight is 290 g/mol. The molecule has 0 aromatic heterocycles. The van der Waals surface area contributed by atoms with Gasteiger partial charge in [-0.25, -0.2) is 0 Å². The Morgan fingerprint density at radius 2 is 1.50 bits per heavy atom. The molecule has 1 saturated heterocycles. The maximum Gasteiger partial charge on any atom is 0.186 e. The van der Waals surface area contributed by atoms with Gasteiger partial charge >= 0.3 is 0 Å². The number of ether oxygens (including phenoxy) is 2. The van der Waals surface area contributed by atoms with Crippen molar-refractivity contribution in [1.29, 1.82) is 0 Å². The predicted molar refractivity (Wildman–Crippen MR) is 76.3 cm³/mol. The first-order chi connectivity index (χ1) is 9.66. The molecule has 120 valence electrons. The van der Waals surface area contributed by atoms with Crippen molar-refractivity contribution in [2.75, 3.05) is 13.2 Å².